The van der Waals surface area contributed by atoms with E-state index in [1.165, 1.54) is 4.88 Å². The van der Waals surface area contributed by atoms with E-state index in [0.29, 0.717) is 25.1 Å². The molecule has 0 radical (unpaired) electrons. The zero-order chi connectivity index (χ0) is 21.9. The Kier molecular flexibility index (Phi) is 6.11. The number of nitrogens with one attached hydrogen (secondary N) is 2. The molecule has 8 nitrogen and oxygen atoms in total. The minimum atomic E-state index is -0.0660. The van der Waals surface area contributed by atoms with Crippen molar-refractivity contribution in [3.05, 3.63) is 74.0 Å². The minimum Gasteiger partial charge on any atom is -0.376 e. The number of ether oxygens (including phenoxy) is 1. The number of pyridine rings is 1. The van der Waals surface area contributed by atoms with Crippen LogP contribution in [0.5, 0.6) is 0 Å². The zero-order valence-corrected chi connectivity index (χ0v) is 18.8. The normalized spacial score (nSPS) is 17.2. The third-order valence-electron chi connectivity index (χ3n) is 5.90. The van der Waals surface area contributed by atoms with Crippen LogP contribution in [0.4, 0.5) is 0 Å². The van der Waals surface area contributed by atoms with Crippen molar-refractivity contribution in [3.8, 4) is 0 Å². The average molecular weight is 451 g/mol. The lowest BCUT2D eigenvalue weighted by atomic mass is 10.1. The summed E-state index contributed by atoms with van der Waals surface area (Å²) in [4.78, 5) is 16.9. The number of aryl methyl sites for hydroxylation is 1. The Morgan fingerprint density at radius 3 is 3.09 bits per heavy atom. The first kappa shape index (κ1) is 21.0. The fourth-order valence-corrected chi connectivity index (χ4v) is 4.96. The molecular weight excluding hydrogens is 424 g/mol. The first-order valence-electron chi connectivity index (χ1n) is 10.9. The molecule has 0 saturated carbocycles. The van der Waals surface area contributed by atoms with E-state index < -0.39 is 0 Å². The highest BCUT2D eigenvalue weighted by molar-refractivity contribution is 7.10. The van der Waals surface area contributed by atoms with Crippen LogP contribution < -0.4 is 10.9 Å². The Morgan fingerprint density at radius 1 is 1.34 bits per heavy atom. The lowest BCUT2D eigenvalue weighted by molar-refractivity contribution is 0.0925. The summed E-state index contributed by atoms with van der Waals surface area (Å²) in [7, 11) is 0. The summed E-state index contributed by atoms with van der Waals surface area (Å²) in [6, 6.07) is 12.2. The van der Waals surface area contributed by atoms with Crippen LogP contribution in [-0.2, 0) is 24.2 Å². The number of aromatic nitrogens is 5. The fraction of sp³-hybridized carbons (Fsp3) is 0.391. The van der Waals surface area contributed by atoms with Gasteiger partial charge in [0.25, 0.3) is 5.56 Å². The molecule has 166 valence electrons. The number of nitrogens with zero attached hydrogens (tertiary/aromatic N) is 4. The number of hydrogen-bond donors (Lipinski definition) is 2. The Bertz CT molecular complexity index is 1240. The smallest absolute Gasteiger partial charge is 0.252 e. The molecule has 2 unspecified atom stereocenters. The molecule has 1 aliphatic rings. The van der Waals surface area contributed by atoms with Gasteiger partial charge in [0.2, 0.25) is 0 Å². The summed E-state index contributed by atoms with van der Waals surface area (Å²) < 4.78 is 7.60. The van der Waals surface area contributed by atoms with E-state index in [1.54, 1.807) is 11.3 Å². The van der Waals surface area contributed by atoms with Crippen LogP contribution in [0.15, 0.2) is 46.6 Å². The number of benzene rings is 1. The Morgan fingerprint density at radius 2 is 2.28 bits per heavy atom. The SMILES string of the molecule is Cc1ccc2cc(CNC(Cc3nnnn3CC3CCCO3)c3cccs3)c(=O)[nH]c2c1. The molecule has 9 heteroatoms. The topological polar surface area (TPSA) is 97.7 Å². The van der Waals surface area contributed by atoms with Gasteiger partial charge in [-0.3, -0.25) is 4.79 Å². The predicted octanol–water partition coefficient (Wildman–Crippen LogP) is 3.14. The van der Waals surface area contributed by atoms with Gasteiger partial charge in [-0.15, -0.1) is 16.4 Å². The van der Waals surface area contributed by atoms with E-state index >= 15 is 0 Å². The van der Waals surface area contributed by atoms with Crippen LogP contribution in [0, 0.1) is 6.92 Å². The van der Waals surface area contributed by atoms with Gasteiger partial charge in [-0.1, -0.05) is 18.2 Å². The molecule has 4 aromatic rings. The Balaban J connectivity index is 1.34. The standard InChI is InChI=1S/C23H26N6O2S/c1-15-6-7-16-11-17(23(30)25-19(16)10-15)13-24-20(21-5-3-9-32-21)12-22-26-27-28-29(22)14-18-4-2-8-31-18/h3,5-7,9-11,18,20,24H,2,4,8,12-14H2,1H3,(H,25,30). The van der Waals surface area contributed by atoms with Gasteiger partial charge >= 0.3 is 0 Å². The van der Waals surface area contributed by atoms with E-state index in [4.69, 9.17) is 4.74 Å². The van der Waals surface area contributed by atoms with Crippen molar-refractivity contribution in [3.63, 3.8) is 0 Å². The maximum Gasteiger partial charge on any atom is 0.252 e. The van der Waals surface area contributed by atoms with E-state index in [2.05, 4.69) is 43.3 Å². The van der Waals surface area contributed by atoms with Gasteiger partial charge in [-0.25, -0.2) is 4.68 Å². The highest BCUT2D eigenvalue weighted by atomic mass is 32.1. The Labute approximate surface area is 189 Å². The van der Waals surface area contributed by atoms with Crippen LogP contribution >= 0.6 is 11.3 Å². The highest BCUT2D eigenvalue weighted by Gasteiger charge is 2.22. The molecule has 0 aliphatic carbocycles. The van der Waals surface area contributed by atoms with Gasteiger partial charge in [0, 0.05) is 41.6 Å². The van der Waals surface area contributed by atoms with E-state index in [0.717, 1.165) is 41.7 Å². The molecule has 5 rings (SSSR count). The van der Waals surface area contributed by atoms with Crippen molar-refractivity contribution in [1.29, 1.82) is 0 Å². The molecule has 1 saturated heterocycles. The predicted molar refractivity (Wildman–Crippen MR) is 124 cm³/mol. The van der Waals surface area contributed by atoms with Crippen molar-refractivity contribution in [2.24, 2.45) is 0 Å². The molecule has 0 amide bonds. The van der Waals surface area contributed by atoms with E-state index in [1.807, 2.05) is 35.9 Å². The third kappa shape index (κ3) is 4.64. The fourth-order valence-electron chi connectivity index (χ4n) is 4.16. The first-order valence-corrected chi connectivity index (χ1v) is 11.8. The van der Waals surface area contributed by atoms with Gasteiger partial charge in [-0.2, -0.15) is 0 Å². The number of fused-ring (bicyclic) bond motifs is 1. The maximum absolute atomic E-state index is 12.7. The molecule has 1 aliphatic heterocycles. The van der Waals surface area contributed by atoms with Gasteiger partial charge in [-0.05, 0) is 64.7 Å². The number of rotatable bonds is 8. The molecule has 0 spiro atoms. The molecule has 0 bridgehead atoms. The lowest BCUT2D eigenvalue weighted by Gasteiger charge is -2.18. The second-order valence-corrected chi connectivity index (χ2v) is 9.26. The quantitative estimate of drug-likeness (QED) is 0.428. The van der Waals surface area contributed by atoms with Crippen molar-refractivity contribution in [1.82, 2.24) is 30.5 Å². The van der Waals surface area contributed by atoms with Gasteiger partial charge in [0.05, 0.1) is 12.6 Å². The third-order valence-corrected chi connectivity index (χ3v) is 6.88. The maximum atomic E-state index is 12.7. The number of hydrogen-bond acceptors (Lipinski definition) is 7. The highest BCUT2D eigenvalue weighted by Crippen LogP contribution is 2.23. The van der Waals surface area contributed by atoms with Gasteiger partial charge in [0.15, 0.2) is 5.82 Å². The minimum absolute atomic E-state index is 0.00244. The summed E-state index contributed by atoms with van der Waals surface area (Å²) in [5, 5.41) is 19.0. The van der Waals surface area contributed by atoms with Crippen molar-refractivity contribution >= 4 is 22.2 Å². The average Bonchev–Trinajstić information content (AvgIpc) is 3.55. The van der Waals surface area contributed by atoms with Gasteiger partial charge in [0.1, 0.15) is 0 Å². The summed E-state index contributed by atoms with van der Waals surface area (Å²) in [5.74, 6) is 0.814. The summed E-state index contributed by atoms with van der Waals surface area (Å²) in [6.45, 7) is 3.95. The van der Waals surface area contributed by atoms with Crippen LogP contribution in [0.2, 0.25) is 0 Å². The summed E-state index contributed by atoms with van der Waals surface area (Å²) in [6.07, 6.45) is 2.92. The largest absolute Gasteiger partial charge is 0.376 e. The number of thiophene rings is 1. The second kappa shape index (κ2) is 9.32. The van der Waals surface area contributed by atoms with Crippen LogP contribution in [0.1, 0.15) is 40.7 Å². The van der Waals surface area contributed by atoms with Crippen molar-refractivity contribution in [2.45, 2.75) is 51.4 Å². The zero-order valence-electron chi connectivity index (χ0n) is 18.0. The molecule has 1 fully saturated rings. The van der Waals surface area contributed by atoms with Crippen LogP contribution in [-0.4, -0.2) is 37.9 Å². The summed E-state index contributed by atoms with van der Waals surface area (Å²) >= 11 is 1.68. The molecule has 32 heavy (non-hydrogen) atoms. The number of aromatic amines is 1. The monoisotopic (exact) mass is 450 g/mol. The number of tetrazole rings is 1. The Hall–Kier alpha value is -2.88. The molecule has 4 heterocycles. The van der Waals surface area contributed by atoms with Crippen molar-refractivity contribution in [2.75, 3.05) is 6.61 Å². The summed E-state index contributed by atoms with van der Waals surface area (Å²) in [5.41, 5.74) is 2.63. The van der Waals surface area contributed by atoms with Crippen LogP contribution in [0.25, 0.3) is 10.9 Å². The van der Waals surface area contributed by atoms with Crippen LogP contribution in [0.3, 0.4) is 0 Å². The number of H-pyrrole nitrogens is 1. The lowest BCUT2D eigenvalue weighted by Crippen LogP contribution is -2.27. The van der Waals surface area contributed by atoms with Gasteiger partial charge < -0.3 is 15.0 Å². The van der Waals surface area contributed by atoms with Crippen molar-refractivity contribution < 1.29 is 4.74 Å². The molecular formula is C23H26N6O2S. The molecule has 2 atom stereocenters. The second-order valence-electron chi connectivity index (χ2n) is 8.28. The molecule has 2 N–H and O–H groups in total. The molecule has 1 aromatic carbocycles. The first-order chi connectivity index (χ1) is 15.7. The van der Waals surface area contributed by atoms with E-state index in [9.17, 15) is 4.79 Å². The van der Waals surface area contributed by atoms with E-state index in [-0.39, 0.29) is 17.7 Å². The molecule has 3 aromatic heterocycles.